The Morgan fingerprint density at radius 3 is 2.79 bits per heavy atom. The lowest BCUT2D eigenvalue weighted by Crippen LogP contribution is -2.50. The van der Waals surface area contributed by atoms with Crippen LogP contribution in [0.25, 0.3) is 0 Å². The molecule has 0 fully saturated rings. The summed E-state index contributed by atoms with van der Waals surface area (Å²) in [6, 6.07) is 1.79. The van der Waals surface area contributed by atoms with Crippen LogP contribution in [0.4, 0.5) is 0 Å². The number of hydrogen-bond acceptors (Lipinski definition) is 4. The molecule has 0 radical (unpaired) electrons. The topological polar surface area (TPSA) is 88.8 Å². The van der Waals surface area contributed by atoms with Gasteiger partial charge in [0, 0.05) is 13.5 Å². The molecule has 1 aromatic heterocycles. The highest BCUT2D eigenvalue weighted by atomic mass is 16.5. The van der Waals surface area contributed by atoms with Crippen LogP contribution in [0.15, 0.2) is 23.0 Å². The largest absolute Gasteiger partial charge is 0.481 e. The molecule has 0 aromatic carbocycles. The molecule has 1 heterocycles. The molecular formula is C13H19NO5. The Balaban J connectivity index is 2.48. The van der Waals surface area contributed by atoms with E-state index < -0.39 is 11.5 Å². The van der Waals surface area contributed by atoms with Crippen LogP contribution in [-0.4, -0.2) is 36.2 Å². The molecule has 0 bridgehead atoms. The van der Waals surface area contributed by atoms with E-state index in [1.54, 1.807) is 25.5 Å². The minimum absolute atomic E-state index is 0.150. The SMILES string of the molecule is COCC(C)(CC(=O)O)NC(=O)CCc1ccoc1. The fourth-order valence-corrected chi connectivity index (χ4v) is 1.88. The first kappa shape index (κ1) is 15.2. The van der Waals surface area contributed by atoms with E-state index in [0.717, 1.165) is 5.56 Å². The van der Waals surface area contributed by atoms with Gasteiger partial charge < -0.3 is 19.6 Å². The number of hydrogen-bond donors (Lipinski definition) is 2. The smallest absolute Gasteiger partial charge is 0.305 e. The predicted octanol–water partition coefficient (Wildman–Crippen LogP) is 1.21. The molecular weight excluding hydrogens is 250 g/mol. The Labute approximate surface area is 111 Å². The summed E-state index contributed by atoms with van der Waals surface area (Å²) in [5.41, 5.74) is 0.0375. The van der Waals surface area contributed by atoms with Gasteiger partial charge in [-0.1, -0.05) is 0 Å². The number of carboxylic acid groups (broad SMARTS) is 1. The van der Waals surface area contributed by atoms with Gasteiger partial charge in [0.15, 0.2) is 0 Å². The second-order valence-electron chi connectivity index (χ2n) is 4.74. The molecule has 1 unspecified atom stereocenters. The predicted molar refractivity (Wildman–Crippen MR) is 67.7 cm³/mol. The number of rotatable bonds is 8. The lowest BCUT2D eigenvalue weighted by molar-refractivity contribution is -0.139. The summed E-state index contributed by atoms with van der Waals surface area (Å²) in [6.07, 6.45) is 3.78. The van der Waals surface area contributed by atoms with Crippen LogP contribution in [0.5, 0.6) is 0 Å². The van der Waals surface area contributed by atoms with Gasteiger partial charge in [-0.2, -0.15) is 0 Å². The zero-order chi connectivity index (χ0) is 14.3. The summed E-state index contributed by atoms with van der Waals surface area (Å²) >= 11 is 0. The second-order valence-corrected chi connectivity index (χ2v) is 4.74. The molecule has 0 aliphatic rings. The average Bonchev–Trinajstić information content (AvgIpc) is 2.77. The van der Waals surface area contributed by atoms with Crippen molar-refractivity contribution in [3.05, 3.63) is 24.2 Å². The summed E-state index contributed by atoms with van der Waals surface area (Å²) in [4.78, 5) is 22.6. The van der Waals surface area contributed by atoms with Crippen molar-refractivity contribution in [2.75, 3.05) is 13.7 Å². The summed E-state index contributed by atoms with van der Waals surface area (Å²) < 4.78 is 9.88. The van der Waals surface area contributed by atoms with Crippen molar-refractivity contribution in [2.24, 2.45) is 0 Å². The van der Waals surface area contributed by atoms with Crippen molar-refractivity contribution in [1.82, 2.24) is 5.32 Å². The van der Waals surface area contributed by atoms with E-state index in [4.69, 9.17) is 14.3 Å². The highest BCUT2D eigenvalue weighted by Crippen LogP contribution is 2.11. The summed E-state index contributed by atoms with van der Waals surface area (Å²) in [5.74, 6) is -1.18. The van der Waals surface area contributed by atoms with Gasteiger partial charge in [-0.3, -0.25) is 9.59 Å². The Hall–Kier alpha value is -1.82. The highest BCUT2D eigenvalue weighted by molar-refractivity contribution is 5.78. The van der Waals surface area contributed by atoms with Gasteiger partial charge in [-0.15, -0.1) is 0 Å². The normalized spacial score (nSPS) is 13.8. The highest BCUT2D eigenvalue weighted by Gasteiger charge is 2.29. The van der Waals surface area contributed by atoms with Crippen molar-refractivity contribution in [2.45, 2.75) is 31.7 Å². The molecule has 6 heteroatoms. The maximum Gasteiger partial charge on any atom is 0.305 e. The number of furan rings is 1. The maximum atomic E-state index is 11.8. The van der Waals surface area contributed by atoms with E-state index in [1.807, 2.05) is 0 Å². The Morgan fingerprint density at radius 2 is 2.26 bits per heavy atom. The Morgan fingerprint density at radius 1 is 1.53 bits per heavy atom. The number of carboxylic acids is 1. The Bertz CT molecular complexity index is 415. The van der Waals surface area contributed by atoms with Crippen LogP contribution in [-0.2, 0) is 20.7 Å². The van der Waals surface area contributed by atoms with E-state index in [9.17, 15) is 9.59 Å². The van der Waals surface area contributed by atoms with Crippen LogP contribution in [0.1, 0.15) is 25.3 Å². The molecule has 1 atom stereocenters. The zero-order valence-corrected chi connectivity index (χ0v) is 11.1. The first-order chi connectivity index (χ1) is 8.95. The first-order valence-electron chi connectivity index (χ1n) is 5.98. The van der Waals surface area contributed by atoms with Crippen LogP contribution < -0.4 is 5.32 Å². The van der Waals surface area contributed by atoms with Crippen molar-refractivity contribution in [1.29, 1.82) is 0 Å². The lowest BCUT2D eigenvalue weighted by Gasteiger charge is -2.28. The van der Waals surface area contributed by atoms with E-state index in [1.165, 1.54) is 7.11 Å². The minimum Gasteiger partial charge on any atom is -0.481 e. The summed E-state index contributed by atoms with van der Waals surface area (Å²) in [7, 11) is 1.47. The zero-order valence-electron chi connectivity index (χ0n) is 11.1. The van der Waals surface area contributed by atoms with E-state index in [2.05, 4.69) is 5.32 Å². The van der Waals surface area contributed by atoms with E-state index >= 15 is 0 Å². The number of amides is 1. The molecule has 1 rings (SSSR count). The monoisotopic (exact) mass is 269 g/mol. The number of nitrogens with one attached hydrogen (secondary N) is 1. The number of aryl methyl sites for hydroxylation is 1. The summed E-state index contributed by atoms with van der Waals surface area (Å²) in [5, 5.41) is 11.6. The average molecular weight is 269 g/mol. The van der Waals surface area contributed by atoms with Crippen molar-refractivity contribution in [3.63, 3.8) is 0 Å². The van der Waals surface area contributed by atoms with Gasteiger partial charge in [-0.25, -0.2) is 0 Å². The maximum absolute atomic E-state index is 11.8. The Kier molecular flexibility index (Phi) is 5.57. The third-order valence-electron chi connectivity index (χ3n) is 2.67. The van der Waals surface area contributed by atoms with E-state index in [-0.39, 0.29) is 25.4 Å². The van der Waals surface area contributed by atoms with Crippen LogP contribution >= 0.6 is 0 Å². The molecule has 0 spiro atoms. The van der Waals surface area contributed by atoms with Crippen LogP contribution in [0.2, 0.25) is 0 Å². The van der Waals surface area contributed by atoms with Gasteiger partial charge in [0.25, 0.3) is 0 Å². The number of ether oxygens (including phenoxy) is 1. The third-order valence-corrected chi connectivity index (χ3v) is 2.67. The van der Waals surface area contributed by atoms with Crippen molar-refractivity contribution in [3.8, 4) is 0 Å². The molecule has 0 saturated heterocycles. The first-order valence-corrected chi connectivity index (χ1v) is 5.98. The fraction of sp³-hybridized carbons (Fsp3) is 0.538. The molecule has 6 nitrogen and oxygen atoms in total. The van der Waals surface area contributed by atoms with Gasteiger partial charge in [0.1, 0.15) is 0 Å². The molecule has 19 heavy (non-hydrogen) atoms. The number of aliphatic carboxylic acids is 1. The quantitative estimate of drug-likeness (QED) is 0.740. The molecule has 0 aliphatic carbocycles. The lowest BCUT2D eigenvalue weighted by atomic mass is 9.98. The van der Waals surface area contributed by atoms with Crippen LogP contribution in [0, 0.1) is 0 Å². The molecule has 1 aromatic rings. The van der Waals surface area contributed by atoms with E-state index in [0.29, 0.717) is 6.42 Å². The molecule has 0 aliphatic heterocycles. The van der Waals surface area contributed by atoms with Crippen LogP contribution in [0.3, 0.4) is 0 Å². The van der Waals surface area contributed by atoms with Gasteiger partial charge in [-0.05, 0) is 25.0 Å². The number of methoxy groups -OCH3 is 1. The van der Waals surface area contributed by atoms with Gasteiger partial charge in [0.2, 0.25) is 5.91 Å². The van der Waals surface area contributed by atoms with Gasteiger partial charge in [0.05, 0.1) is 31.1 Å². The number of carbonyl (C=O) groups is 2. The third kappa shape index (κ3) is 5.56. The number of carbonyl (C=O) groups excluding carboxylic acids is 1. The molecule has 2 N–H and O–H groups in total. The van der Waals surface area contributed by atoms with Crippen molar-refractivity contribution < 1.29 is 23.8 Å². The molecule has 0 saturated carbocycles. The molecule has 1 amide bonds. The second kappa shape index (κ2) is 6.94. The summed E-state index contributed by atoms with van der Waals surface area (Å²) in [6.45, 7) is 1.80. The minimum atomic E-state index is -0.977. The fourth-order valence-electron chi connectivity index (χ4n) is 1.88. The van der Waals surface area contributed by atoms with Crippen molar-refractivity contribution >= 4 is 11.9 Å². The molecule has 106 valence electrons. The standard InChI is InChI=1S/C13H19NO5/c1-13(9-18-2,7-12(16)17)14-11(15)4-3-10-5-6-19-8-10/h5-6,8H,3-4,7,9H2,1-2H3,(H,14,15)(H,16,17). The van der Waals surface area contributed by atoms with Gasteiger partial charge >= 0.3 is 5.97 Å².